The van der Waals surface area contributed by atoms with Gasteiger partial charge in [-0.15, -0.1) is 0 Å². The van der Waals surface area contributed by atoms with Crippen LogP contribution in [0, 0.1) is 0 Å². The molecule has 0 radical (unpaired) electrons. The molecule has 1 heterocycles. The molecule has 1 atom stereocenters. The molecule has 1 saturated carbocycles. The van der Waals surface area contributed by atoms with E-state index in [9.17, 15) is 5.11 Å². The lowest BCUT2D eigenvalue weighted by Gasteiger charge is -2.17. The Balaban J connectivity index is 1.48. The van der Waals surface area contributed by atoms with Gasteiger partial charge < -0.3 is 10.4 Å². The van der Waals surface area contributed by atoms with Crippen molar-refractivity contribution in [3.8, 4) is 5.75 Å². The van der Waals surface area contributed by atoms with Crippen LogP contribution in [-0.4, -0.2) is 35.2 Å². The summed E-state index contributed by atoms with van der Waals surface area (Å²) >= 11 is 0. The van der Waals surface area contributed by atoms with Gasteiger partial charge in [0.2, 0.25) is 0 Å². The zero-order chi connectivity index (χ0) is 14.2. The van der Waals surface area contributed by atoms with Gasteiger partial charge >= 0.3 is 0 Å². The summed E-state index contributed by atoms with van der Waals surface area (Å²) in [5.74, 6) is 0.401. The van der Waals surface area contributed by atoms with Crippen LogP contribution in [0.4, 0.5) is 0 Å². The fraction of sp³-hybridized carbons (Fsp3) is 0.444. The standard InChI is InChI=1S/C18H22N2O/c21-18-8-5-13-3-1-2-4-16(13)17(18)11-19-14-9-10-20(12-14)15-6-7-15/h1-5,8,14-15,19,21H,6-7,9-12H2. The Morgan fingerprint density at radius 3 is 2.81 bits per heavy atom. The van der Waals surface area contributed by atoms with E-state index in [1.165, 1.54) is 31.2 Å². The summed E-state index contributed by atoms with van der Waals surface area (Å²) in [5.41, 5.74) is 1.03. The van der Waals surface area contributed by atoms with Gasteiger partial charge in [0.25, 0.3) is 0 Å². The molecule has 2 N–H and O–H groups in total. The molecule has 2 aromatic rings. The van der Waals surface area contributed by atoms with Crippen LogP contribution in [0.25, 0.3) is 10.8 Å². The minimum atomic E-state index is 0.401. The van der Waals surface area contributed by atoms with Crippen molar-refractivity contribution in [1.29, 1.82) is 0 Å². The number of nitrogens with one attached hydrogen (secondary N) is 1. The Morgan fingerprint density at radius 1 is 1.10 bits per heavy atom. The van der Waals surface area contributed by atoms with Crippen molar-refractivity contribution >= 4 is 10.8 Å². The summed E-state index contributed by atoms with van der Waals surface area (Å²) in [6.07, 6.45) is 4.00. The molecule has 1 aliphatic heterocycles. The molecule has 110 valence electrons. The fourth-order valence-corrected chi connectivity index (χ4v) is 3.48. The highest BCUT2D eigenvalue weighted by atomic mass is 16.3. The molecule has 1 saturated heterocycles. The number of aromatic hydroxyl groups is 1. The molecule has 1 aliphatic carbocycles. The zero-order valence-corrected chi connectivity index (χ0v) is 12.3. The van der Waals surface area contributed by atoms with Gasteiger partial charge in [0.05, 0.1) is 0 Å². The molecule has 2 fully saturated rings. The van der Waals surface area contributed by atoms with E-state index in [4.69, 9.17) is 0 Å². The predicted molar refractivity (Wildman–Crippen MR) is 85.5 cm³/mol. The van der Waals surface area contributed by atoms with Gasteiger partial charge in [0, 0.05) is 37.3 Å². The van der Waals surface area contributed by atoms with Crippen LogP contribution >= 0.6 is 0 Å². The number of hydrogen-bond donors (Lipinski definition) is 2. The summed E-state index contributed by atoms with van der Waals surface area (Å²) in [4.78, 5) is 2.61. The highest BCUT2D eigenvalue weighted by Gasteiger charge is 2.34. The van der Waals surface area contributed by atoms with Gasteiger partial charge in [-0.25, -0.2) is 0 Å². The highest BCUT2D eigenvalue weighted by molar-refractivity contribution is 5.87. The molecule has 0 bridgehead atoms. The first-order valence-corrected chi connectivity index (χ1v) is 7.98. The third-order valence-electron chi connectivity index (χ3n) is 4.87. The lowest BCUT2D eigenvalue weighted by molar-refractivity contribution is 0.317. The lowest BCUT2D eigenvalue weighted by Crippen LogP contribution is -2.32. The van der Waals surface area contributed by atoms with Gasteiger partial charge in [0.1, 0.15) is 5.75 Å². The Bertz CT molecular complexity index is 651. The molecule has 0 spiro atoms. The first-order chi connectivity index (χ1) is 10.3. The second-order valence-corrected chi connectivity index (χ2v) is 6.38. The van der Waals surface area contributed by atoms with Gasteiger partial charge in [-0.05, 0) is 36.1 Å². The third kappa shape index (κ3) is 2.63. The quantitative estimate of drug-likeness (QED) is 0.905. The van der Waals surface area contributed by atoms with Crippen molar-refractivity contribution in [3.05, 3.63) is 42.0 Å². The summed E-state index contributed by atoms with van der Waals surface area (Å²) in [7, 11) is 0. The average molecular weight is 282 g/mol. The van der Waals surface area contributed by atoms with Crippen LogP contribution in [-0.2, 0) is 6.54 Å². The largest absolute Gasteiger partial charge is 0.508 e. The van der Waals surface area contributed by atoms with E-state index >= 15 is 0 Å². The molecule has 3 nitrogen and oxygen atoms in total. The second-order valence-electron chi connectivity index (χ2n) is 6.38. The number of hydrogen-bond acceptors (Lipinski definition) is 3. The van der Waals surface area contributed by atoms with Crippen LogP contribution in [0.15, 0.2) is 36.4 Å². The van der Waals surface area contributed by atoms with Crippen molar-refractivity contribution in [1.82, 2.24) is 10.2 Å². The molecule has 21 heavy (non-hydrogen) atoms. The number of phenols is 1. The van der Waals surface area contributed by atoms with Crippen molar-refractivity contribution < 1.29 is 5.11 Å². The molecule has 3 heteroatoms. The van der Waals surface area contributed by atoms with E-state index in [1.807, 2.05) is 24.3 Å². The van der Waals surface area contributed by atoms with E-state index < -0.39 is 0 Å². The highest BCUT2D eigenvalue weighted by Crippen LogP contribution is 2.30. The molecule has 2 aromatic carbocycles. The maximum Gasteiger partial charge on any atom is 0.120 e. The molecule has 1 unspecified atom stereocenters. The molecule has 4 rings (SSSR count). The number of phenolic OH excluding ortho intramolecular Hbond substituents is 1. The molecule has 2 aliphatic rings. The number of nitrogens with zero attached hydrogens (tertiary/aromatic N) is 1. The zero-order valence-electron chi connectivity index (χ0n) is 12.3. The smallest absolute Gasteiger partial charge is 0.120 e. The van der Waals surface area contributed by atoms with Gasteiger partial charge in [0.15, 0.2) is 0 Å². The topological polar surface area (TPSA) is 35.5 Å². The van der Waals surface area contributed by atoms with Gasteiger partial charge in [-0.2, -0.15) is 0 Å². The van der Waals surface area contributed by atoms with E-state index in [0.29, 0.717) is 11.8 Å². The normalized spacial score (nSPS) is 23.0. The van der Waals surface area contributed by atoms with E-state index in [1.54, 1.807) is 0 Å². The van der Waals surface area contributed by atoms with E-state index in [0.717, 1.165) is 30.1 Å². The minimum absolute atomic E-state index is 0.401. The molecule has 0 aromatic heterocycles. The Hall–Kier alpha value is -1.58. The first-order valence-electron chi connectivity index (χ1n) is 7.98. The summed E-state index contributed by atoms with van der Waals surface area (Å²) in [5, 5.41) is 16.2. The van der Waals surface area contributed by atoms with Crippen LogP contribution in [0.1, 0.15) is 24.8 Å². The SMILES string of the molecule is Oc1ccc2ccccc2c1CNC1CCN(C2CC2)C1. The summed E-state index contributed by atoms with van der Waals surface area (Å²) in [6, 6.07) is 13.5. The Labute approximate surface area is 125 Å². The van der Waals surface area contributed by atoms with Crippen LogP contribution in [0.5, 0.6) is 5.75 Å². The molecule has 0 amide bonds. The van der Waals surface area contributed by atoms with Crippen molar-refractivity contribution in [2.45, 2.75) is 37.9 Å². The van der Waals surface area contributed by atoms with Crippen LogP contribution in [0.2, 0.25) is 0 Å². The van der Waals surface area contributed by atoms with E-state index in [2.05, 4.69) is 22.3 Å². The summed E-state index contributed by atoms with van der Waals surface area (Å²) in [6.45, 7) is 3.14. The van der Waals surface area contributed by atoms with Crippen molar-refractivity contribution in [3.63, 3.8) is 0 Å². The van der Waals surface area contributed by atoms with Crippen LogP contribution in [0.3, 0.4) is 0 Å². The van der Waals surface area contributed by atoms with E-state index in [-0.39, 0.29) is 0 Å². The number of fused-ring (bicyclic) bond motifs is 1. The lowest BCUT2D eigenvalue weighted by atomic mass is 10.0. The second kappa shape index (κ2) is 5.32. The van der Waals surface area contributed by atoms with Gasteiger partial charge in [-0.3, -0.25) is 4.90 Å². The molecular weight excluding hydrogens is 260 g/mol. The average Bonchev–Trinajstić information content (AvgIpc) is 3.26. The Kier molecular flexibility index (Phi) is 3.32. The monoisotopic (exact) mass is 282 g/mol. The van der Waals surface area contributed by atoms with Crippen LogP contribution < -0.4 is 5.32 Å². The minimum Gasteiger partial charge on any atom is -0.508 e. The van der Waals surface area contributed by atoms with Crippen molar-refractivity contribution in [2.75, 3.05) is 13.1 Å². The summed E-state index contributed by atoms with van der Waals surface area (Å²) < 4.78 is 0. The van der Waals surface area contributed by atoms with Crippen molar-refractivity contribution in [2.24, 2.45) is 0 Å². The number of benzene rings is 2. The number of rotatable bonds is 4. The fourth-order valence-electron chi connectivity index (χ4n) is 3.48. The first kappa shape index (κ1) is 13.1. The predicted octanol–water partition coefficient (Wildman–Crippen LogP) is 2.87. The van der Waals surface area contributed by atoms with Gasteiger partial charge in [-0.1, -0.05) is 30.3 Å². The Morgan fingerprint density at radius 2 is 1.95 bits per heavy atom. The molecular formula is C18H22N2O. The number of likely N-dealkylation sites (tertiary alicyclic amines) is 1. The third-order valence-corrected chi connectivity index (χ3v) is 4.87. The maximum atomic E-state index is 10.2. The maximum absolute atomic E-state index is 10.2.